The van der Waals surface area contributed by atoms with Crippen molar-refractivity contribution < 1.29 is 4.79 Å². The Kier molecular flexibility index (Phi) is 5.54. The number of aryl methyl sites for hydroxylation is 1. The van der Waals surface area contributed by atoms with Gasteiger partial charge in [0, 0.05) is 13.1 Å². The van der Waals surface area contributed by atoms with Crippen molar-refractivity contribution >= 4 is 5.91 Å². The summed E-state index contributed by atoms with van der Waals surface area (Å²) in [4.78, 5) is 14.9. The Balaban J connectivity index is 1.47. The zero-order valence-electron chi connectivity index (χ0n) is 16.3. The van der Waals surface area contributed by atoms with Crippen LogP contribution in [0.1, 0.15) is 33.9 Å². The van der Waals surface area contributed by atoms with E-state index in [2.05, 4.69) is 66.8 Å². The van der Waals surface area contributed by atoms with Gasteiger partial charge in [0.05, 0.1) is 12.6 Å². The van der Waals surface area contributed by atoms with Crippen molar-refractivity contribution in [3.8, 4) is 0 Å². The van der Waals surface area contributed by atoms with Gasteiger partial charge in [0.1, 0.15) is 0 Å². The van der Waals surface area contributed by atoms with Crippen LogP contribution >= 0.6 is 0 Å². The van der Waals surface area contributed by atoms with E-state index in [9.17, 15) is 4.79 Å². The van der Waals surface area contributed by atoms with E-state index in [4.69, 9.17) is 0 Å². The van der Waals surface area contributed by atoms with Gasteiger partial charge in [-0.3, -0.25) is 10.1 Å². The summed E-state index contributed by atoms with van der Waals surface area (Å²) >= 11 is 0. The lowest BCUT2D eigenvalue weighted by Crippen LogP contribution is -2.42. The predicted octanol–water partition coefficient (Wildman–Crippen LogP) is 4.26. The van der Waals surface area contributed by atoms with Gasteiger partial charge in [-0.1, -0.05) is 84.4 Å². The molecule has 1 aliphatic rings. The molecular weight excluding hydrogens is 344 g/mol. The minimum absolute atomic E-state index is 0.00262. The third kappa shape index (κ3) is 4.15. The Morgan fingerprint density at radius 3 is 2.29 bits per heavy atom. The summed E-state index contributed by atoms with van der Waals surface area (Å²) in [6.07, 6.45) is 0.933. The molecular formula is C25H26N2O. The molecule has 1 atom stereocenters. The fourth-order valence-corrected chi connectivity index (χ4v) is 3.84. The SMILES string of the molecule is Cc1ccc([C@@H](NCC(=O)N2CCc3ccccc3C2)c2ccccc2)cc1. The van der Waals surface area contributed by atoms with Crippen molar-refractivity contribution in [1.82, 2.24) is 10.2 Å². The van der Waals surface area contributed by atoms with Gasteiger partial charge in [-0.25, -0.2) is 0 Å². The number of nitrogens with one attached hydrogen (secondary N) is 1. The van der Waals surface area contributed by atoms with Gasteiger partial charge in [0.2, 0.25) is 5.91 Å². The lowest BCUT2D eigenvalue weighted by atomic mass is 9.97. The molecule has 1 N–H and O–H groups in total. The third-order valence-electron chi connectivity index (χ3n) is 5.48. The zero-order valence-corrected chi connectivity index (χ0v) is 16.3. The van der Waals surface area contributed by atoms with E-state index >= 15 is 0 Å². The lowest BCUT2D eigenvalue weighted by molar-refractivity contribution is -0.131. The van der Waals surface area contributed by atoms with Gasteiger partial charge in [0.25, 0.3) is 0 Å². The Hall–Kier alpha value is -2.91. The molecule has 0 aliphatic carbocycles. The van der Waals surface area contributed by atoms with Crippen molar-refractivity contribution in [2.45, 2.75) is 25.9 Å². The zero-order chi connectivity index (χ0) is 19.3. The van der Waals surface area contributed by atoms with Gasteiger partial charge >= 0.3 is 0 Å². The van der Waals surface area contributed by atoms with Crippen LogP contribution in [-0.2, 0) is 17.8 Å². The van der Waals surface area contributed by atoms with E-state index < -0.39 is 0 Å². The standard InChI is InChI=1S/C25H26N2O/c1-19-11-13-22(14-12-19)25(21-8-3-2-4-9-21)26-17-24(28)27-16-15-20-7-5-6-10-23(20)18-27/h2-14,25-26H,15-18H2,1H3/t25-/m0/s1. The number of benzene rings is 3. The van der Waals surface area contributed by atoms with Crippen molar-refractivity contribution in [3.63, 3.8) is 0 Å². The number of hydrogen-bond donors (Lipinski definition) is 1. The van der Waals surface area contributed by atoms with Crippen LogP contribution in [0, 0.1) is 6.92 Å². The van der Waals surface area contributed by atoms with Crippen LogP contribution in [0.25, 0.3) is 0 Å². The molecule has 28 heavy (non-hydrogen) atoms. The summed E-state index contributed by atoms with van der Waals surface area (Å²) in [5.74, 6) is 0.155. The molecule has 0 aromatic heterocycles. The van der Waals surface area contributed by atoms with Crippen LogP contribution in [0.3, 0.4) is 0 Å². The Labute approximate surface area is 167 Å². The number of rotatable bonds is 5. The van der Waals surface area contributed by atoms with E-state index in [0.29, 0.717) is 13.1 Å². The molecule has 3 nitrogen and oxygen atoms in total. The summed E-state index contributed by atoms with van der Waals surface area (Å²) in [5.41, 5.74) is 6.21. The van der Waals surface area contributed by atoms with Crippen LogP contribution in [0.2, 0.25) is 0 Å². The molecule has 1 aliphatic heterocycles. The maximum absolute atomic E-state index is 12.9. The fourth-order valence-electron chi connectivity index (χ4n) is 3.84. The van der Waals surface area contributed by atoms with Crippen LogP contribution in [0.15, 0.2) is 78.9 Å². The van der Waals surface area contributed by atoms with Crippen LogP contribution in [0.5, 0.6) is 0 Å². The van der Waals surface area contributed by atoms with E-state index in [1.807, 2.05) is 29.2 Å². The van der Waals surface area contributed by atoms with E-state index in [-0.39, 0.29) is 11.9 Å². The second-order valence-electron chi connectivity index (χ2n) is 7.47. The summed E-state index contributed by atoms with van der Waals surface area (Å²) in [7, 11) is 0. The molecule has 1 amide bonds. The highest BCUT2D eigenvalue weighted by Crippen LogP contribution is 2.23. The number of fused-ring (bicyclic) bond motifs is 1. The quantitative estimate of drug-likeness (QED) is 0.728. The largest absolute Gasteiger partial charge is 0.337 e. The average Bonchev–Trinajstić information content (AvgIpc) is 2.75. The van der Waals surface area contributed by atoms with E-state index in [1.54, 1.807) is 0 Å². The van der Waals surface area contributed by atoms with Gasteiger partial charge in [-0.05, 0) is 35.6 Å². The van der Waals surface area contributed by atoms with Crippen molar-refractivity contribution in [1.29, 1.82) is 0 Å². The average molecular weight is 370 g/mol. The number of hydrogen-bond acceptors (Lipinski definition) is 2. The molecule has 0 bridgehead atoms. The Bertz CT molecular complexity index is 934. The number of nitrogens with zero attached hydrogens (tertiary/aromatic N) is 1. The first kappa shape index (κ1) is 18.5. The fraction of sp³-hybridized carbons (Fsp3) is 0.240. The van der Waals surface area contributed by atoms with Crippen LogP contribution < -0.4 is 5.32 Å². The molecule has 0 radical (unpaired) electrons. The predicted molar refractivity (Wildman–Crippen MR) is 113 cm³/mol. The maximum atomic E-state index is 12.9. The number of amides is 1. The highest BCUT2D eigenvalue weighted by atomic mass is 16.2. The first-order valence-electron chi connectivity index (χ1n) is 9.90. The highest BCUT2D eigenvalue weighted by molar-refractivity contribution is 5.78. The van der Waals surface area contributed by atoms with Gasteiger partial charge in [-0.2, -0.15) is 0 Å². The molecule has 0 fully saturated rings. The van der Waals surface area contributed by atoms with Crippen LogP contribution in [0.4, 0.5) is 0 Å². The molecule has 3 aromatic rings. The van der Waals surface area contributed by atoms with Crippen molar-refractivity contribution in [2.75, 3.05) is 13.1 Å². The third-order valence-corrected chi connectivity index (χ3v) is 5.48. The van der Waals surface area contributed by atoms with Gasteiger partial charge < -0.3 is 4.90 Å². The normalized spacial score (nSPS) is 14.4. The topological polar surface area (TPSA) is 32.3 Å². The molecule has 142 valence electrons. The maximum Gasteiger partial charge on any atom is 0.236 e. The first-order chi connectivity index (χ1) is 13.7. The first-order valence-corrected chi connectivity index (χ1v) is 9.90. The highest BCUT2D eigenvalue weighted by Gasteiger charge is 2.22. The molecule has 0 unspecified atom stereocenters. The summed E-state index contributed by atoms with van der Waals surface area (Å²) in [5, 5.41) is 3.50. The summed E-state index contributed by atoms with van der Waals surface area (Å²) in [6.45, 7) is 3.91. The lowest BCUT2D eigenvalue weighted by Gasteiger charge is -2.30. The molecule has 0 spiro atoms. The van der Waals surface area contributed by atoms with Crippen LogP contribution in [-0.4, -0.2) is 23.9 Å². The summed E-state index contributed by atoms with van der Waals surface area (Å²) < 4.78 is 0. The minimum Gasteiger partial charge on any atom is -0.337 e. The number of carbonyl (C=O) groups excluding carboxylic acids is 1. The second kappa shape index (κ2) is 8.41. The molecule has 4 rings (SSSR count). The monoisotopic (exact) mass is 370 g/mol. The molecule has 3 heteroatoms. The van der Waals surface area contributed by atoms with Gasteiger partial charge in [0.15, 0.2) is 0 Å². The molecule has 0 saturated carbocycles. The molecule has 0 saturated heterocycles. The van der Waals surface area contributed by atoms with Crippen molar-refractivity contribution in [2.24, 2.45) is 0 Å². The summed E-state index contributed by atoms with van der Waals surface area (Å²) in [6, 6.07) is 27.3. The Morgan fingerprint density at radius 2 is 1.54 bits per heavy atom. The van der Waals surface area contributed by atoms with Crippen molar-refractivity contribution in [3.05, 3.63) is 107 Å². The van der Waals surface area contributed by atoms with E-state index in [1.165, 1.54) is 27.8 Å². The Morgan fingerprint density at radius 1 is 0.893 bits per heavy atom. The minimum atomic E-state index is 0.00262. The van der Waals surface area contributed by atoms with E-state index in [0.717, 1.165) is 13.0 Å². The van der Waals surface area contributed by atoms with Gasteiger partial charge in [-0.15, -0.1) is 0 Å². The smallest absolute Gasteiger partial charge is 0.236 e. The molecule has 3 aromatic carbocycles. The second-order valence-corrected chi connectivity index (χ2v) is 7.47. The number of carbonyl (C=O) groups is 1. The molecule has 1 heterocycles.